The molecule has 1 aliphatic heterocycles. The predicted octanol–water partition coefficient (Wildman–Crippen LogP) is 2.93. The number of H-pyrrole nitrogens is 3. The largest absolute Gasteiger partial charge is 0.481 e. The van der Waals surface area contributed by atoms with Crippen molar-refractivity contribution in [1.82, 2.24) is 65.5 Å². The molecular weight excluding hydrogens is 1350 g/mol. The third-order valence-corrected chi connectivity index (χ3v) is 19.4. The molecule has 6 atom stereocenters. The Morgan fingerprint density at radius 1 is 0.462 bits per heavy atom. The number of amides is 3. The van der Waals surface area contributed by atoms with Gasteiger partial charge in [0.1, 0.15) is 11.6 Å². The third-order valence-electron chi connectivity index (χ3n) is 19.4. The molecule has 1 saturated carbocycles. The maximum absolute atomic E-state index is 15.1. The number of imidazole rings is 3. The Kier molecular flexibility index (Phi) is 32.9. The lowest BCUT2D eigenvalue weighted by molar-refractivity contribution is -0.146. The highest BCUT2D eigenvalue weighted by molar-refractivity contribution is 5.96. The Morgan fingerprint density at radius 3 is 1.41 bits per heavy atom. The zero-order valence-corrected chi connectivity index (χ0v) is 58.4. The van der Waals surface area contributed by atoms with Crippen molar-refractivity contribution in [1.29, 1.82) is 0 Å². The summed E-state index contributed by atoms with van der Waals surface area (Å²) in [6.45, 7) is 1.33. The number of carboxylic acid groups (broad SMARTS) is 6. The molecule has 32 heteroatoms. The highest BCUT2D eigenvalue weighted by atomic mass is 16.4. The number of hydrogen-bond donors (Lipinski definition) is 12. The van der Waals surface area contributed by atoms with Gasteiger partial charge in [0.05, 0.1) is 75.0 Å². The smallest absolute Gasteiger partial charge is 0.317 e. The number of hydrogen-bond acceptors (Lipinski definition) is 20. The molecule has 5 aromatic rings. The van der Waals surface area contributed by atoms with Crippen LogP contribution in [0.15, 0.2) is 80.0 Å². The monoisotopic (exact) mass is 1450 g/mol. The number of fused-ring (bicyclic) bond motifs is 1. The average Bonchev–Trinajstić information content (AvgIpc) is 0.839. The van der Waals surface area contributed by atoms with Gasteiger partial charge in [-0.2, -0.15) is 0 Å². The molecule has 3 aromatic heterocycles. The molecule has 2 aliphatic rings. The highest BCUT2D eigenvalue weighted by Crippen LogP contribution is 2.32. The van der Waals surface area contributed by atoms with E-state index in [1.54, 1.807) is 14.7 Å². The minimum atomic E-state index is -1.36. The van der Waals surface area contributed by atoms with Crippen LogP contribution < -0.4 is 16.0 Å². The van der Waals surface area contributed by atoms with Crippen molar-refractivity contribution in [3.05, 3.63) is 103 Å². The van der Waals surface area contributed by atoms with Gasteiger partial charge >= 0.3 is 35.8 Å². The van der Waals surface area contributed by atoms with Gasteiger partial charge in [-0.1, -0.05) is 55.3 Å². The second kappa shape index (κ2) is 42.0. The molecule has 0 bridgehead atoms. The number of nitrogens with zero attached hydrogens (tertiary/aromatic N) is 7. The number of aromatic nitrogens is 6. The van der Waals surface area contributed by atoms with E-state index in [-0.39, 0.29) is 166 Å². The SMILES string of the molecule is O=C(O)CC[C@H](CC(=O)C[C@@H](CCCCCC(=O)[C@H](Cc1cnc[nH]1)NC(=O)[C@@H](CC(=O)[C@H](Cc1cnc[nH]1)NC(=O)[C@@H](CC(=O)C1CCC(CNC(=O)CN2CCN(CC(=O)O)CCN(CC(=O)O)CCN(CC(=O)O)CC2)CC1)Cc1ccc2ccccc2c1)Cc1cnc[nH]1)C(=O)O)C(=O)O. The molecule has 2 fully saturated rings. The van der Waals surface area contributed by atoms with E-state index in [2.05, 4.69) is 45.9 Å². The van der Waals surface area contributed by atoms with E-state index in [0.29, 0.717) is 55.7 Å². The maximum Gasteiger partial charge on any atom is 0.317 e. The fourth-order valence-electron chi connectivity index (χ4n) is 13.5. The van der Waals surface area contributed by atoms with E-state index in [1.807, 2.05) is 47.4 Å². The number of carbonyl (C=O) groups excluding carboxylic acids is 7. The molecule has 1 saturated heterocycles. The van der Waals surface area contributed by atoms with Crippen LogP contribution in [0.1, 0.15) is 119 Å². The fraction of sp³-hybridized carbons (Fsp3) is 0.556. The van der Waals surface area contributed by atoms with E-state index in [0.717, 1.165) is 16.3 Å². The van der Waals surface area contributed by atoms with Crippen LogP contribution in [-0.4, -0.2) is 254 Å². The topological polar surface area (TPSA) is 478 Å². The lowest BCUT2D eigenvalue weighted by Crippen LogP contribution is -2.50. The van der Waals surface area contributed by atoms with E-state index in [9.17, 15) is 78.3 Å². The number of aliphatic carboxylic acids is 6. The Bertz CT molecular complexity index is 3640. The number of carbonyl (C=O) groups is 13. The second-order valence-corrected chi connectivity index (χ2v) is 27.4. The predicted molar refractivity (Wildman–Crippen MR) is 373 cm³/mol. The number of ketones is 4. The van der Waals surface area contributed by atoms with Gasteiger partial charge in [0, 0.05) is 164 Å². The number of unbranched alkanes of at least 4 members (excludes halogenated alkanes) is 2. The zero-order valence-electron chi connectivity index (χ0n) is 58.4. The zero-order chi connectivity index (χ0) is 75.1. The molecule has 1 aliphatic carbocycles. The molecule has 32 nitrogen and oxygen atoms in total. The Morgan fingerprint density at radius 2 is 0.933 bits per heavy atom. The first-order valence-corrected chi connectivity index (χ1v) is 35.4. The summed E-state index contributed by atoms with van der Waals surface area (Å²) in [5, 5.41) is 68.1. The van der Waals surface area contributed by atoms with Crippen LogP contribution >= 0.6 is 0 Å². The summed E-state index contributed by atoms with van der Waals surface area (Å²) in [6.07, 6.45) is 9.41. The maximum atomic E-state index is 15.1. The van der Waals surface area contributed by atoms with Crippen molar-refractivity contribution < 1.29 is 93.0 Å². The normalized spacial score (nSPS) is 17.7. The van der Waals surface area contributed by atoms with Gasteiger partial charge in [-0.25, -0.2) is 15.0 Å². The van der Waals surface area contributed by atoms with Gasteiger partial charge in [0.25, 0.3) is 0 Å². The lowest BCUT2D eigenvalue weighted by Gasteiger charge is -2.33. The van der Waals surface area contributed by atoms with E-state index >= 15 is 9.59 Å². The van der Waals surface area contributed by atoms with Crippen LogP contribution in [-0.2, 0) is 88.0 Å². The summed E-state index contributed by atoms with van der Waals surface area (Å²) >= 11 is 0. The van der Waals surface area contributed by atoms with Gasteiger partial charge in [-0.15, -0.1) is 0 Å². The van der Waals surface area contributed by atoms with E-state index < -0.39 is 127 Å². The van der Waals surface area contributed by atoms with Gasteiger partial charge in [-0.3, -0.25) is 81.9 Å². The third kappa shape index (κ3) is 28.7. The van der Waals surface area contributed by atoms with Gasteiger partial charge in [0.15, 0.2) is 11.6 Å². The summed E-state index contributed by atoms with van der Waals surface area (Å²) in [6, 6.07) is 11.1. The van der Waals surface area contributed by atoms with Crippen LogP contribution in [0, 0.1) is 35.5 Å². The second-order valence-electron chi connectivity index (χ2n) is 27.4. The van der Waals surface area contributed by atoms with E-state index in [1.165, 1.54) is 37.6 Å². The van der Waals surface area contributed by atoms with Gasteiger partial charge < -0.3 is 61.5 Å². The first-order chi connectivity index (χ1) is 49.8. The molecule has 2 aromatic carbocycles. The molecule has 7 rings (SSSR count). The number of nitrogens with one attached hydrogen (secondary N) is 6. The van der Waals surface area contributed by atoms with Crippen LogP contribution in [0.25, 0.3) is 10.8 Å². The molecule has 0 radical (unpaired) electrons. The van der Waals surface area contributed by atoms with Crippen molar-refractivity contribution in [2.45, 2.75) is 134 Å². The fourth-order valence-corrected chi connectivity index (χ4v) is 13.5. The minimum absolute atomic E-state index is 0.0139. The Labute approximate surface area is 600 Å². The van der Waals surface area contributed by atoms with E-state index in [4.69, 9.17) is 5.11 Å². The first kappa shape index (κ1) is 81.4. The first-order valence-electron chi connectivity index (χ1n) is 35.4. The summed E-state index contributed by atoms with van der Waals surface area (Å²) in [4.78, 5) is 198. The summed E-state index contributed by atoms with van der Waals surface area (Å²) < 4.78 is 0. The van der Waals surface area contributed by atoms with Crippen molar-refractivity contribution >= 4 is 87.4 Å². The van der Waals surface area contributed by atoms with Crippen LogP contribution in [0.4, 0.5) is 0 Å². The summed E-state index contributed by atoms with van der Waals surface area (Å²) in [7, 11) is 0. The molecule has 0 unspecified atom stereocenters. The number of Topliss-reactive ketones (excluding diaryl/α,β-unsaturated/α-hetero) is 4. The van der Waals surface area contributed by atoms with Crippen molar-refractivity contribution in [3.63, 3.8) is 0 Å². The number of benzene rings is 2. The highest BCUT2D eigenvalue weighted by Gasteiger charge is 2.36. The Hall–Kier alpha value is -9.92. The van der Waals surface area contributed by atoms with Crippen LogP contribution in [0.5, 0.6) is 0 Å². The summed E-state index contributed by atoms with van der Waals surface area (Å²) in [5.74, 6) is -15.2. The molecule has 3 amide bonds. The standard InChI is InChI=1S/C72H97N13O19/c86-58(30-52(72(103)104)16-17-65(91)92)29-51(71(101)102)8-2-1-3-9-61(87)59(33-56-37-74-44-78-56)80-70(100)54(28-55-36-73-43-77-55)32-63(89)60(34-57-38-75-45-79-57)81-69(99)53(27-47-12-13-48-6-4-5-7-50(48)26-47)31-62(88)49-14-10-46(11-15-49)35-76-64(90)39-82-18-20-83(40-66(93)94)22-24-85(42-68(97)98)25-23-84(21-19-82)41-67(95)96/h4-7,12-13,26,36-38,43-46,49,51-54,59-60H,1-3,8-11,14-25,27-35,39-42H2,(H,73,77)(H,74,78)(H,75,79)(H,76,90)(H,80,100)(H,81,99)(H,91,92)(H,93,94)(H,95,96)(H,97,98)(H,101,102)(H,103,104)/t46?,49?,51-,52-,53-,54-,59+,60+/m1/s1. The molecule has 4 heterocycles. The minimum Gasteiger partial charge on any atom is -0.481 e. The van der Waals surface area contributed by atoms with Crippen molar-refractivity contribution in [3.8, 4) is 0 Å². The van der Waals surface area contributed by atoms with Crippen LogP contribution in [0.3, 0.4) is 0 Å². The number of carboxylic acids is 6. The molecule has 564 valence electrons. The molecule has 12 N–H and O–H groups in total. The number of aromatic amines is 3. The molecular formula is C72H97N13O19. The molecule has 104 heavy (non-hydrogen) atoms. The van der Waals surface area contributed by atoms with Crippen LogP contribution in [0.2, 0.25) is 0 Å². The number of rotatable bonds is 44. The van der Waals surface area contributed by atoms with Crippen molar-refractivity contribution in [2.75, 3.05) is 85.1 Å². The average molecular weight is 1450 g/mol. The summed E-state index contributed by atoms with van der Waals surface area (Å²) in [5.41, 5.74) is 2.26. The quantitative estimate of drug-likeness (QED) is 0.0249. The Balaban J connectivity index is 0.996. The van der Waals surface area contributed by atoms with Gasteiger partial charge in [0.2, 0.25) is 17.7 Å². The van der Waals surface area contributed by atoms with Gasteiger partial charge in [-0.05, 0) is 73.6 Å². The molecule has 0 spiro atoms. The lowest BCUT2D eigenvalue weighted by atomic mass is 9.77. The van der Waals surface area contributed by atoms with Crippen molar-refractivity contribution in [2.24, 2.45) is 35.5 Å².